The van der Waals surface area contributed by atoms with Gasteiger partial charge >= 0.3 is 0 Å². The summed E-state index contributed by atoms with van der Waals surface area (Å²) in [5.74, 6) is 0.684. The van der Waals surface area contributed by atoms with Gasteiger partial charge in [0.1, 0.15) is 29.2 Å². The number of hydrogen-bond donors (Lipinski definition) is 2. The van der Waals surface area contributed by atoms with E-state index in [1.54, 1.807) is 12.3 Å². The van der Waals surface area contributed by atoms with Crippen LogP contribution in [0, 0.1) is 0 Å². The Hall–Kier alpha value is -1.59. The van der Waals surface area contributed by atoms with E-state index < -0.39 is 17.7 Å². The van der Waals surface area contributed by atoms with Crippen molar-refractivity contribution in [3.8, 4) is 5.75 Å². The molecular weight excluding hydrogens is 220 g/mol. The fraction of sp³-hybridized carbons (Fsp3) is 0.417. The van der Waals surface area contributed by atoms with E-state index in [0.29, 0.717) is 5.75 Å². The number of benzene rings is 1. The molecule has 1 aromatic carbocycles. The topological polar surface area (TPSA) is 81.5 Å². The molecule has 3 rings (SSSR count). The highest BCUT2D eigenvalue weighted by atomic mass is 16.5. The lowest BCUT2D eigenvalue weighted by molar-refractivity contribution is -0.0570. The molecule has 2 unspecified atom stereocenters. The number of nitrogens with zero attached hydrogens (tertiary/aromatic N) is 1. The van der Waals surface area contributed by atoms with Gasteiger partial charge in [-0.3, -0.25) is 0 Å². The van der Waals surface area contributed by atoms with Crippen molar-refractivity contribution < 1.29 is 14.4 Å². The van der Waals surface area contributed by atoms with Gasteiger partial charge in [-0.05, 0) is 26.0 Å². The minimum atomic E-state index is -0.751. The van der Waals surface area contributed by atoms with Gasteiger partial charge in [-0.15, -0.1) is 0 Å². The first-order valence-electron chi connectivity index (χ1n) is 5.50. The molecule has 0 amide bonds. The number of ether oxygens (including phenoxy) is 1. The van der Waals surface area contributed by atoms with Crippen LogP contribution in [0.1, 0.15) is 25.5 Å². The number of aliphatic hydroxyl groups excluding tert-OH is 1. The second-order valence-corrected chi connectivity index (χ2v) is 4.94. The highest BCUT2D eigenvalue weighted by Gasteiger charge is 2.41. The maximum Gasteiger partial charge on any atom is 0.131 e. The standard InChI is InChI=1S/C12H14N2O3/c1-12(2)11(15)10(13)7-4-8-6(5-16-14-8)3-9(7)17-12/h3-5,10-11,15H,13H2,1-2H3. The van der Waals surface area contributed by atoms with Gasteiger partial charge in [0, 0.05) is 10.9 Å². The van der Waals surface area contributed by atoms with Gasteiger partial charge in [-0.1, -0.05) is 5.16 Å². The van der Waals surface area contributed by atoms with Crippen LogP contribution in [0.25, 0.3) is 10.9 Å². The molecular formula is C12H14N2O3. The summed E-state index contributed by atoms with van der Waals surface area (Å²) in [4.78, 5) is 0. The van der Waals surface area contributed by atoms with E-state index in [-0.39, 0.29) is 0 Å². The van der Waals surface area contributed by atoms with Gasteiger partial charge in [-0.25, -0.2) is 0 Å². The van der Waals surface area contributed by atoms with E-state index in [2.05, 4.69) is 5.16 Å². The van der Waals surface area contributed by atoms with Gasteiger partial charge in [0.05, 0.1) is 6.04 Å². The summed E-state index contributed by atoms with van der Waals surface area (Å²) < 4.78 is 10.7. The fourth-order valence-electron chi connectivity index (χ4n) is 2.21. The lowest BCUT2D eigenvalue weighted by Crippen LogP contribution is -2.51. The van der Waals surface area contributed by atoms with Crippen LogP contribution in [-0.2, 0) is 0 Å². The van der Waals surface area contributed by atoms with Crippen molar-refractivity contribution in [1.82, 2.24) is 5.16 Å². The van der Waals surface area contributed by atoms with Gasteiger partial charge in [-0.2, -0.15) is 0 Å². The molecule has 0 radical (unpaired) electrons. The van der Waals surface area contributed by atoms with Crippen LogP contribution in [0.15, 0.2) is 22.9 Å². The molecule has 0 spiro atoms. The maximum atomic E-state index is 10.1. The summed E-state index contributed by atoms with van der Waals surface area (Å²) in [5.41, 5.74) is 6.82. The van der Waals surface area contributed by atoms with E-state index >= 15 is 0 Å². The zero-order valence-electron chi connectivity index (χ0n) is 9.68. The Bertz CT molecular complexity index is 576. The third kappa shape index (κ3) is 1.43. The van der Waals surface area contributed by atoms with Crippen LogP contribution >= 0.6 is 0 Å². The molecule has 1 aliphatic rings. The van der Waals surface area contributed by atoms with Crippen LogP contribution < -0.4 is 10.5 Å². The van der Waals surface area contributed by atoms with E-state index in [0.717, 1.165) is 16.5 Å². The third-order valence-corrected chi connectivity index (χ3v) is 3.27. The molecule has 2 aromatic rings. The predicted molar refractivity (Wildman–Crippen MR) is 61.7 cm³/mol. The molecule has 1 aliphatic heterocycles. The quantitative estimate of drug-likeness (QED) is 0.719. The molecule has 0 saturated carbocycles. The van der Waals surface area contributed by atoms with Crippen molar-refractivity contribution in [2.45, 2.75) is 31.6 Å². The molecule has 0 bridgehead atoms. The first-order valence-corrected chi connectivity index (χ1v) is 5.50. The molecule has 3 N–H and O–H groups in total. The average Bonchev–Trinajstić information content (AvgIpc) is 2.71. The number of aliphatic hydroxyl groups is 1. The van der Waals surface area contributed by atoms with Gasteiger partial charge in [0.25, 0.3) is 0 Å². The lowest BCUT2D eigenvalue weighted by Gasteiger charge is -2.40. The van der Waals surface area contributed by atoms with E-state index in [1.807, 2.05) is 19.9 Å². The van der Waals surface area contributed by atoms with Crippen LogP contribution in [0.3, 0.4) is 0 Å². The monoisotopic (exact) mass is 234 g/mol. The molecule has 0 fully saturated rings. The van der Waals surface area contributed by atoms with Crippen molar-refractivity contribution >= 4 is 10.9 Å². The number of rotatable bonds is 0. The molecule has 5 nitrogen and oxygen atoms in total. The number of hydrogen-bond acceptors (Lipinski definition) is 5. The highest BCUT2D eigenvalue weighted by molar-refractivity contribution is 5.80. The summed E-state index contributed by atoms with van der Waals surface area (Å²) in [6, 6.07) is 3.17. The minimum Gasteiger partial charge on any atom is -0.485 e. The van der Waals surface area contributed by atoms with Gasteiger partial charge < -0.3 is 20.1 Å². The second-order valence-electron chi connectivity index (χ2n) is 4.94. The number of fused-ring (bicyclic) bond motifs is 2. The second kappa shape index (κ2) is 3.21. The summed E-state index contributed by atoms with van der Waals surface area (Å²) in [6.07, 6.45) is 0.807. The lowest BCUT2D eigenvalue weighted by atomic mass is 9.87. The van der Waals surface area contributed by atoms with Crippen molar-refractivity contribution in [1.29, 1.82) is 0 Å². The molecule has 2 atom stereocenters. The van der Waals surface area contributed by atoms with Crippen molar-refractivity contribution in [3.05, 3.63) is 24.0 Å². The number of nitrogens with two attached hydrogens (primary N) is 1. The Morgan fingerprint density at radius 3 is 2.94 bits per heavy atom. The van der Waals surface area contributed by atoms with Crippen molar-refractivity contribution in [3.63, 3.8) is 0 Å². The molecule has 0 aliphatic carbocycles. The Morgan fingerprint density at radius 2 is 2.18 bits per heavy atom. The fourth-order valence-corrected chi connectivity index (χ4v) is 2.21. The summed E-state index contributed by atoms with van der Waals surface area (Å²) in [6.45, 7) is 3.64. The number of aromatic nitrogens is 1. The minimum absolute atomic E-state index is 0.477. The zero-order valence-corrected chi connectivity index (χ0v) is 9.68. The normalized spacial score (nSPS) is 26.6. The van der Waals surface area contributed by atoms with E-state index in [9.17, 15) is 5.11 Å². The molecule has 1 aromatic heterocycles. The first-order chi connectivity index (χ1) is 7.99. The molecule has 0 saturated heterocycles. The zero-order chi connectivity index (χ0) is 12.2. The van der Waals surface area contributed by atoms with Gasteiger partial charge in [0.2, 0.25) is 0 Å². The predicted octanol–water partition coefficient (Wildman–Crippen LogP) is 1.36. The third-order valence-electron chi connectivity index (χ3n) is 3.27. The van der Waals surface area contributed by atoms with Crippen LogP contribution in [0.4, 0.5) is 0 Å². The average molecular weight is 234 g/mol. The maximum absolute atomic E-state index is 10.1. The first kappa shape index (κ1) is 10.6. The van der Waals surface area contributed by atoms with E-state index in [1.165, 1.54) is 0 Å². The van der Waals surface area contributed by atoms with Crippen molar-refractivity contribution in [2.24, 2.45) is 5.73 Å². The molecule has 2 heterocycles. The van der Waals surface area contributed by atoms with Crippen molar-refractivity contribution in [2.75, 3.05) is 0 Å². The van der Waals surface area contributed by atoms with Crippen LogP contribution in [-0.4, -0.2) is 22.0 Å². The molecule has 5 heteroatoms. The van der Waals surface area contributed by atoms with Gasteiger partial charge in [0.15, 0.2) is 0 Å². The summed E-state index contributed by atoms with van der Waals surface area (Å²) in [7, 11) is 0. The highest BCUT2D eigenvalue weighted by Crippen LogP contribution is 2.40. The SMILES string of the molecule is CC1(C)Oc2cc3conc3cc2C(N)C1O. The Kier molecular flexibility index (Phi) is 1.99. The largest absolute Gasteiger partial charge is 0.485 e. The molecule has 17 heavy (non-hydrogen) atoms. The van der Waals surface area contributed by atoms with Crippen LogP contribution in [0.5, 0.6) is 5.75 Å². The van der Waals surface area contributed by atoms with E-state index in [4.69, 9.17) is 15.0 Å². The Labute approximate surface area is 98.1 Å². The summed E-state index contributed by atoms with van der Waals surface area (Å²) in [5, 5.41) is 14.8. The smallest absolute Gasteiger partial charge is 0.131 e. The molecule has 90 valence electrons. The van der Waals surface area contributed by atoms with Crippen LogP contribution in [0.2, 0.25) is 0 Å². The Balaban J connectivity index is 2.21. The Morgan fingerprint density at radius 1 is 1.41 bits per heavy atom. The summed E-state index contributed by atoms with van der Waals surface area (Å²) >= 11 is 0.